The van der Waals surface area contributed by atoms with Gasteiger partial charge >= 0.3 is 5.97 Å². The second-order valence-electron chi connectivity index (χ2n) is 4.18. The third-order valence-electron chi connectivity index (χ3n) is 2.71. The van der Waals surface area contributed by atoms with Crippen LogP contribution in [-0.2, 0) is 5.75 Å². The SMILES string of the molecule is Nc1ccc2nc(SCc3ccc(C(=O)O)o3)[nH]c2c1. The lowest BCUT2D eigenvalue weighted by molar-refractivity contribution is 0.0661. The first-order valence-corrected chi connectivity index (χ1v) is 6.80. The van der Waals surface area contributed by atoms with E-state index in [4.69, 9.17) is 15.3 Å². The summed E-state index contributed by atoms with van der Waals surface area (Å²) < 4.78 is 5.18. The number of nitrogen functional groups attached to an aromatic ring is 1. The number of benzene rings is 1. The van der Waals surface area contributed by atoms with Crippen molar-refractivity contribution < 1.29 is 14.3 Å². The first kappa shape index (κ1) is 12.6. The van der Waals surface area contributed by atoms with Gasteiger partial charge in [-0.1, -0.05) is 11.8 Å². The van der Waals surface area contributed by atoms with Crippen molar-refractivity contribution in [1.29, 1.82) is 0 Å². The zero-order valence-corrected chi connectivity index (χ0v) is 11.1. The zero-order valence-electron chi connectivity index (χ0n) is 10.3. The molecule has 0 aliphatic rings. The van der Waals surface area contributed by atoms with Gasteiger partial charge in [0.25, 0.3) is 0 Å². The van der Waals surface area contributed by atoms with E-state index in [2.05, 4.69) is 9.97 Å². The van der Waals surface area contributed by atoms with Gasteiger partial charge in [0, 0.05) is 5.69 Å². The molecule has 0 unspecified atom stereocenters. The number of rotatable bonds is 4. The Bertz CT molecular complexity index is 778. The number of nitrogens with zero attached hydrogens (tertiary/aromatic N) is 1. The van der Waals surface area contributed by atoms with Crippen LogP contribution in [0.3, 0.4) is 0 Å². The van der Waals surface area contributed by atoms with Crippen LogP contribution in [0.4, 0.5) is 5.69 Å². The van der Waals surface area contributed by atoms with E-state index in [1.54, 1.807) is 12.1 Å². The summed E-state index contributed by atoms with van der Waals surface area (Å²) in [6, 6.07) is 8.56. The minimum Gasteiger partial charge on any atom is -0.475 e. The van der Waals surface area contributed by atoms with Crippen LogP contribution in [0, 0.1) is 0 Å². The third-order valence-corrected chi connectivity index (χ3v) is 3.60. The summed E-state index contributed by atoms with van der Waals surface area (Å²) in [4.78, 5) is 18.3. The standard InChI is InChI=1S/C13H11N3O3S/c14-7-1-3-9-10(5-7)16-13(15-9)20-6-8-2-4-11(19-8)12(17)18/h1-5H,6,14H2,(H,15,16)(H,17,18). The number of nitrogens with two attached hydrogens (primary N) is 1. The number of furan rings is 1. The summed E-state index contributed by atoms with van der Waals surface area (Å²) in [5.41, 5.74) is 8.09. The lowest BCUT2D eigenvalue weighted by Crippen LogP contribution is -1.91. The molecule has 1 aromatic carbocycles. The van der Waals surface area contributed by atoms with Crippen LogP contribution in [0.25, 0.3) is 11.0 Å². The minimum absolute atomic E-state index is 0.0574. The topological polar surface area (TPSA) is 105 Å². The van der Waals surface area contributed by atoms with Crippen LogP contribution >= 0.6 is 11.8 Å². The maximum Gasteiger partial charge on any atom is 0.371 e. The monoisotopic (exact) mass is 289 g/mol. The first-order valence-electron chi connectivity index (χ1n) is 5.82. The Morgan fingerprint density at radius 1 is 1.40 bits per heavy atom. The zero-order chi connectivity index (χ0) is 14.1. The van der Waals surface area contributed by atoms with Gasteiger partial charge in [-0.05, 0) is 30.3 Å². The van der Waals surface area contributed by atoms with Crippen LogP contribution in [-0.4, -0.2) is 21.0 Å². The Balaban J connectivity index is 1.74. The molecule has 0 spiro atoms. The minimum atomic E-state index is -1.07. The lowest BCUT2D eigenvalue weighted by atomic mass is 10.3. The number of imidazole rings is 1. The quantitative estimate of drug-likeness (QED) is 0.504. The summed E-state index contributed by atoms with van der Waals surface area (Å²) in [5, 5.41) is 9.51. The van der Waals surface area contributed by atoms with E-state index in [-0.39, 0.29) is 5.76 Å². The molecule has 6 nitrogen and oxygen atoms in total. The smallest absolute Gasteiger partial charge is 0.371 e. The largest absolute Gasteiger partial charge is 0.475 e. The van der Waals surface area contributed by atoms with Crippen molar-refractivity contribution in [1.82, 2.24) is 9.97 Å². The Labute approximate surface area is 118 Å². The molecule has 0 bridgehead atoms. The number of hydrogen-bond acceptors (Lipinski definition) is 5. The molecule has 0 amide bonds. The van der Waals surface area contributed by atoms with Crippen molar-refractivity contribution in [2.45, 2.75) is 10.9 Å². The lowest BCUT2D eigenvalue weighted by Gasteiger charge is -1.93. The summed E-state index contributed by atoms with van der Waals surface area (Å²) in [7, 11) is 0. The fourth-order valence-corrected chi connectivity index (χ4v) is 2.56. The molecule has 2 heterocycles. The molecule has 0 saturated heterocycles. The Hall–Kier alpha value is -2.41. The van der Waals surface area contributed by atoms with Gasteiger partial charge in [-0.15, -0.1) is 0 Å². The van der Waals surface area contributed by atoms with Gasteiger partial charge in [-0.2, -0.15) is 0 Å². The molecule has 7 heteroatoms. The van der Waals surface area contributed by atoms with Gasteiger partial charge in [0.05, 0.1) is 16.8 Å². The molecule has 0 saturated carbocycles. The van der Waals surface area contributed by atoms with Gasteiger partial charge in [-0.3, -0.25) is 0 Å². The summed E-state index contributed by atoms with van der Waals surface area (Å²) in [6.45, 7) is 0. The fraction of sp³-hybridized carbons (Fsp3) is 0.0769. The maximum atomic E-state index is 10.7. The molecular formula is C13H11N3O3S. The summed E-state index contributed by atoms with van der Waals surface area (Å²) in [6.07, 6.45) is 0. The molecule has 0 atom stereocenters. The average molecular weight is 289 g/mol. The number of fused-ring (bicyclic) bond motifs is 1. The van der Waals surface area contributed by atoms with E-state index in [9.17, 15) is 4.79 Å². The van der Waals surface area contributed by atoms with Crippen LogP contribution in [0.1, 0.15) is 16.3 Å². The average Bonchev–Trinajstić information content (AvgIpc) is 3.01. The second kappa shape index (κ2) is 4.93. The number of aromatic carboxylic acids is 1. The number of carboxylic acids is 1. The molecule has 102 valence electrons. The van der Waals surface area contributed by atoms with Crippen LogP contribution in [0.5, 0.6) is 0 Å². The highest BCUT2D eigenvalue weighted by atomic mass is 32.2. The van der Waals surface area contributed by atoms with Crippen molar-refractivity contribution in [2.24, 2.45) is 0 Å². The molecule has 0 radical (unpaired) electrons. The van der Waals surface area contributed by atoms with Crippen molar-refractivity contribution >= 4 is 34.5 Å². The number of anilines is 1. The Kier molecular flexibility index (Phi) is 3.11. The van der Waals surface area contributed by atoms with Gasteiger partial charge in [0.2, 0.25) is 5.76 Å². The fourth-order valence-electron chi connectivity index (χ4n) is 1.78. The molecule has 3 rings (SSSR count). The van der Waals surface area contributed by atoms with Crippen molar-refractivity contribution in [3.05, 3.63) is 41.9 Å². The predicted octanol–water partition coefficient (Wildman–Crippen LogP) is 2.73. The van der Waals surface area contributed by atoms with Crippen LogP contribution < -0.4 is 5.73 Å². The van der Waals surface area contributed by atoms with E-state index >= 15 is 0 Å². The number of aromatic nitrogens is 2. The number of hydrogen-bond donors (Lipinski definition) is 3. The number of H-pyrrole nitrogens is 1. The normalized spacial score (nSPS) is 11.0. The summed E-state index contributed by atoms with van der Waals surface area (Å²) in [5.74, 6) is -0.0337. The number of carboxylic acid groups (broad SMARTS) is 1. The number of aromatic amines is 1. The molecular weight excluding hydrogens is 278 g/mol. The van der Waals surface area contributed by atoms with Crippen LogP contribution in [0.15, 0.2) is 39.9 Å². The van der Waals surface area contributed by atoms with Crippen molar-refractivity contribution in [3.8, 4) is 0 Å². The highest BCUT2D eigenvalue weighted by Crippen LogP contribution is 2.24. The highest BCUT2D eigenvalue weighted by molar-refractivity contribution is 7.98. The van der Waals surface area contributed by atoms with Gasteiger partial charge < -0.3 is 20.2 Å². The van der Waals surface area contributed by atoms with E-state index in [1.165, 1.54) is 17.8 Å². The van der Waals surface area contributed by atoms with Gasteiger partial charge in [0.1, 0.15) is 5.76 Å². The van der Waals surface area contributed by atoms with E-state index in [0.717, 1.165) is 16.2 Å². The molecule has 4 N–H and O–H groups in total. The Morgan fingerprint density at radius 2 is 2.25 bits per heavy atom. The van der Waals surface area contributed by atoms with E-state index in [0.29, 0.717) is 17.2 Å². The van der Waals surface area contributed by atoms with E-state index in [1.807, 2.05) is 12.1 Å². The number of carbonyl (C=O) groups is 1. The predicted molar refractivity (Wildman–Crippen MR) is 75.7 cm³/mol. The molecule has 0 aliphatic heterocycles. The molecule has 0 aliphatic carbocycles. The van der Waals surface area contributed by atoms with E-state index < -0.39 is 5.97 Å². The third kappa shape index (κ3) is 2.48. The molecule has 20 heavy (non-hydrogen) atoms. The van der Waals surface area contributed by atoms with Gasteiger partial charge in [-0.25, -0.2) is 9.78 Å². The Morgan fingerprint density at radius 3 is 3.00 bits per heavy atom. The maximum absolute atomic E-state index is 10.7. The van der Waals surface area contributed by atoms with Gasteiger partial charge in [0.15, 0.2) is 5.16 Å². The number of thioether (sulfide) groups is 1. The van der Waals surface area contributed by atoms with Crippen LogP contribution in [0.2, 0.25) is 0 Å². The first-order chi connectivity index (χ1) is 9.61. The highest BCUT2D eigenvalue weighted by Gasteiger charge is 2.10. The molecule has 3 aromatic rings. The summed E-state index contributed by atoms with van der Waals surface area (Å²) >= 11 is 1.44. The van der Waals surface area contributed by atoms with Crippen molar-refractivity contribution in [3.63, 3.8) is 0 Å². The second-order valence-corrected chi connectivity index (χ2v) is 5.14. The van der Waals surface area contributed by atoms with Crippen molar-refractivity contribution in [2.75, 3.05) is 5.73 Å². The molecule has 0 fully saturated rings. The number of nitrogens with one attached hydrogen (secondary N) is 1. The molecule has 2 aromatic heterocycles.